The highest BCUT2D eigenvalue weighted by molar-refractivity contribution is 9.11. The van der Waals surface area contributed by atoms with Crippen molar-refractivity contribution in [3.63, 3.8) is 0 Å². The van der Waals surface area contributed by atoms with E-state index in [0.717, 1.165) is 25.8 Å². The van der Waals surface area contributed by atoms with Crippen LogP contribution in [0.25, 0.3) is 22.6 Å². The van der Waals surface area contributed by atoms with Gasteiger partial charge in [0.15, 0.2) is 0 Å². The van der Waals surface area contributed by atoms with Gasteiger partial charge in [0, 0.05) is 14.5 Å². The molecule has 0 aliphatic heterocycles. The fourth-order valence-electron chi connectivity index (χ4n) is 2.01. The Hall–Kier alpha value is -1.66. The van der Waals surface area contributed by atoms with Crippen molar-refractivity contribution in [2.45, 2.75) is 0 Å². The Morgan fingerprint density at radius 1 is 1.10 bits per heavy atom. The molecule has 0 bridgehead atoms. The standard InChI is InChI=1S/C15H10Br2FN3/c16-9-5-11(14(19)12(17)6-9)15-20-7-13(21-15)8-1-3-10(18)4-2-8/h1-7H,19H2,(H,20,21). The van der Waals surface area contributed by atoms with Gasteiger partial charge in [-0.2, -0.15) is 0 Å². The van der Waals surface area contributed by atoms with E-state index in [-0.39, 0.29) is 5.82 Å². The summed E-state index contributed by atoms with van der Waals surface area (Å²) in [6.07, 6.45) is 1.71. The Bertz CT molecular complexity index is 797. The van der Waals surface area contributed by atoms with Gasteiger partial charge in [-0.05, 0) is 57.9 Å². The summed E-state index contributed by atoms with van der Waals surface area (Å²) in [5.74, 6) is 0.396. The molecule has 6 heteroatoms. The fourth-order valence-corrected chi connectivity index (χ4v) is 3.24. The number of nitrogens with two attached hydrogens (primary N) is 1. The first-order valence-corrected chi connectivity index (χ1v) is 7.69. The Morgan fingerprint density at radius 2 is 1.81 bits per heavy atom. The number of hydrogen-bond donors (Lipinski definition) is 2. The summed E-state index contributed by atoms with van der Waals surface area (Å²) >= 11 is 6.85. The molecule has 0 atom stereocenters. The van der Waals surface area contributed by atoms with Crippen molar-refractivity contribution in [3.8, 4) is 22.6 Å². The first-order valence-electron chi connectivity index (χ1n) is 6.10. The van der Waals surface area contributed by atoms with Gasteiger partial charge in [-0.15, -0.1) is 0 Å². The van der Waals surface area contributed by atoms with E-state index >= 15 is 0 Å². The third-order valence-electron chi connectivity index (χ3n) is 3.08. The van der Waals surface area contributed by atoms with E-state index in [2.05, 4.69) is 41.8 Å². The summed E-state index contributed by atoms with van der Waals surface area (Å²) in [5, 5.41) is 0. The third kappa shape index (κ3) is 2.87. The maximum Gasteiger partial charge on any atom is 0.139 e. The number of rotatable bonds is 2. The highest BCUT2D eigenvalue weighted by atomic mass is 79.9. The topological polar surface area (TPSA) is 54.7 Å². The molecule has 3 nitrogen and oxygen atoms in total. The highest BCUT2D eigenvalue weighted by Crippen LogP contribution is 2.34. The third-order valence-corrected chi connectivity index (χ3v) is 4.19. The summed E-state index contributed by atoms with van der Waals surface area (Å²) in [4.78, 5) is 7.56. The van der Waals surface area contributed by atoms with Crippen molar-refractivity contribution < 1.29 is 4.39 Å². The van der Waals surface area contributed by atoms with Gasteiger partial charge in [-0.1, -0.05) is 15.9 Å². The largest absolute Gasteiger partial charge is 0.397 e. The van der Waals surface area contributed by atoms with Gasteiger partial charge in [-0.3, -0.25) is 0 Å². The van der Waals surface area contributed by atoms with Crippen LogP contribution in [0.15, 0.2) is 51.5 Å². The Morgan fingerprint density at radius 3 is 2.52 bits per heavy atom. The van der Waals surface area contributed by atoms with Crippen LogP contribution in [-0.4, -0.2) is 9.97 Å². The van der Waals surface area contributed by atoms with Crippen molar-refractivity contribution in [1.29, 1.82) is 0 Å². The number of aromatic nitrogens is 2. The number of aromatic amines is 1. The zero-order valence-electron chi connectivity index (χ0n) is 10.7. The van der Waals surface area contributed by atoms with Gasteiger partial charge >= 0.3 is 0 Å². The lowest BCUT2D eigenvalue weighted by Gasteiger charge is -2.06. The van der Waals surface area contributed by atoms with E-state index in [0.29, 0.717) is 11.5 Å². The van der Waals surface area contributed by atoms with E-state index in [9.17, 15) is 4.39 Å². The molecule has 3 aromatic rings. The molecular weight excluding hydrogens is 401 g/mol. The van der Waals surface area contributed by atoms with Gasteiger partial charge < -0.3 is 10.7 Å². The minimum absolute atomic E-state index is 0.265. The predicted molar refractivity (Wildman–Crippen MR) is 89.2 cm³/mol. The molecule has 0 radical (unpaired) electrons. The summed E-state index contributed by atoms with van der Waals surface area (Å²) in [6.45, 7) is 0. The Balaban J connectivity index is 2.04. The smallest absolute Gasteiger partial charge is 0.139 e. The van der Waals surface area contributed by atoms with Gasteiger partial charge in [0.05, 0.1) is 17.6 Å². The molecule has 2 aromatic carbocycles. The van der Waals surface area contributed by atoms with Crippen LogP contribution in [0.3, 0.4) is 0 Å². The summed E-state index contributed by atoms with van der Waals surface area (Å²) in [6, 6.07) is 10.0. The van der Waals surface area contributed by atoms with Crippen molar-refractivity contribution >= 4 is 37.5 Å². The SMILES string of the molecule is Nc1c(Br)cc(Br)cc1-c1ncc(-c2ccc(F)cc2)[nH]1. The summed E-state index contributed by atoms with van der Waals surface area (Å²) in [5.41, 5.74) is 9.15. The monoisotopic (exact) mass is 409 g/mol. The normalized spacial score (nSPS) is 10.8. The van der Waals surface area contributed by atoms with Crippen molar-refractivity contribution in [1.82, 2.24) is 9.97 Å². The second-order valence-corrected chi connectivity index (χ2v) is 6.27. The summed E-state index contributed by atoms with van der Waals surface area (Å²) in [7, 11) is 0. The summed E-state index contributed by atoms with van der Waals surface area (Å²) < 4.78 is 14.7. The van der Waals surface area contributed by atoms with E-state index in [1.165, 1.54) is 12.1 Å². The molecule has 21 heavy (non-hydrogen) atoms. The highest BCUT2D eigenvalue weighted by Gasteiger charge is 2.11. The van der Waals surface area contributed by atoms with Crippen LogP contribution in [-0.2, 0) is 0 Å². The first-order chi connectivity index (χ1) is 10.0. The number of nitrogen functional groups attached to an aromatic ring is 1. The number of halogens is 3. The first kappa shape index (κ1) is 14.3. The lowest BCUT2D eigenvalue weighted by Crippen LogP contribution is -1.93. The molecule has 0 unspecified atom stereocenters. The number of nitrogens with one attached hydrogen (secondary N) is 1. The molecule has 0 aliphatic carbocycles. The van der Waals surface area contributed by atoms with Crippen LogP contribution in [0, 0.1) is 5.82 Å². The van der Waals surface area contributed by atoms with Gasteiger partial charge in [0.25, 0.3) is 0 Å². The van der Waals surface area contributed by atoms with Gasteiger partial charge in [0.2, 0.25) is 0 Å². The second-order valence-electron chi connectivity index (χ2n) is 4.50. The predicted octanol–water partition coefficient (Wildman–Crippen LogP) is 4.99. The maximum absolute atomic E-state index is 13.0. The minimum atomic E-state index is -0.265. The average molecular weight is 411 g/mol. The number of hydrogen-bond acceptors (Lipinski definition) is 2. The Kier molecular flexibility index (Phi) is 3.82. The van der Waals surface area contributed by atoms with Crippen molar-refractivity contribution in [2.24, 2.45) is 0 Å². The van der Waals surface area contributed by atoms with Crippen LogP contribution in [0.1, 0.15) is 0 Å². The molecule has 0 amide bonds. The fraction of sp³-hybridized carbons (Fsp3) is 0. The minimum Gasteiger partial charge on any atom is -0.397 e. The quantitative estimate of drug-likeness (QED) is 0.584. The molecule has 1 heterocycles. The van der Waals surface area contributed by atoms with Gasteiger partial charge in [-0.25, -0.2) is 9.37 Å². The van der Waals surface area contributed by atoms with Crippen LogP contribution in [0.4, 0.5) is 10.1 Å². The van der Waals surface area contributed by atoms with Crippen molar-refractivity contribution in [3.05, 3.63) is 57.4 Å². The number of imidazole rings is 1. The van der Waals surface area contributed by atoms with Crippen LogP contribution in [0.5, 0.6) is 0 Å². The molecule has 1 aromatic heterocycles. The average Bonchev–Trinajstić information content (AvgIpc) is 2.93. The van der Waals surface area contributed by atoms with E-state index < -0.39 is 0 Å². The van der Waals surface area contributed by atoms with Crippen LogP contribution < -0.4 is 5.73 Å². The molecule has 0 fully saturated rings. The van der Waals surface area contributed by atoms with Gasteiger partial charge in [0.1, 0.15) is 11.6 Å². The van der Waals surface area contributed by atoms with Crippen LogP contribution >= 0.6 is 31.9 Å². The molecule has 0 aliphatic rings. The van der Waals surface area contributed by atoms with Crippen LogP contribution in [0.2, 0.25) is 0 Å². The molecule has 3 rings (SSSR count). The zero-order chi connectivity index (χ0) is 15.0. The number of anilines is 1. The lowest BCUT2D eigenvalue weighted by atomic mass is 10.1. The molecule has 106 valence electrons. The van der Waals surface area contributed by atoms with E-state index in [1.807, 2.05) is 12.1 Å². The molecule has 3 N–H and O–H groups in total. The Labute approximate surface area is 137 Å². The molecule has 0 saturated heterocycles. The molecule has 0 saturated carbocycles. The second kappa shape index (κ2) is 5.61. The lowest BCUT2D eigenvalue weighted by molar-refractivity contribution is 0.628. The number of H-pyrrole nitrogens is 1. The van der Waals surface area contributed by atoms with Crippen molar-refractivity contribution in [2.75, 3.05) is 5.73 Å². The molecule has 0 spiro atoms. The molecular formula is C15H10Br2FN3. The van der Waals surface area contributed by atoms with E-state index in [1.54, 1.807) is 18.3 Å². The maximum atomic E-state index is 13.0. The zero-order valence-corrected chi connectivity index (χ0v) is 13.9. The van der Waals surface area contributed by atoms with E-state index in [4.69, 9.17) is 5.73 Å². The number of nitrogens with zero attached hydrogens (tertiary/aromatic N) is 1. The number of benzene rings is 2.